The van der Waals surface area contributed by atoms with Gasteiger partial charge in [-0.1, -0.05) is 6.07 Å². The second-order valence-electron chi connectivity index (χ2n) is 4.46. The van der Waals surface area contributed by atoms with Crippen LogP contribution >= 0.6 is 0 Å². The van der Waals surface area contributed by atoms with Crippen molar-refractivity contribution in [2.75, 3.05) is 5.73 Å². The van der Waals surface area contributed by atoms with E-state index in [2.05, 4.69) is 0 Å². The predicted octanol–water partition coefficient (Wildman–Crippen LogP) is 1.32. The Bertz CT molecular complexity index is 424. The summed E-state index contributed by atoms with van der Waals surface area (Å²) < 4.78 is 0. The SMILES string of the molecule is Nc1ccc2c(c1)CN(C1CC1)C(=O)C2. The number of nitrogens with zero attached hydrogens (tertiary/aromatic N) is 1. The van der Waals surface area contributed by atoms with E-state index in [0.717, 1.165) is 17.8 Å². The molecule has 1 fully saturated rings. The third kappa shape index (κ3) is 1.48. The Morgan fingerprint density at radius 3 is 2.80 bits per heavy atom. The zero-order valence-corrected chi connectivity index (χ0v) is 8.57. The van der Waals surface area contributed by atoms with Crippen LogP contribution in [0.3, 0.4) is 0 Å². The highest BCUT2D eigenvalue weighted by atomic mass is 16.2. The highest BCUT2D eigenvalue weighted by Crippen LogP contribution is 2.32. The summed E-state index contributed by atoms with van der Waals surface area (Å²) >= 11 is 0. The molecule has 3 nitrogen and oxygen atoms in total. The highest BCUT2D eigenvalue weighted by molar-refractivity contribution is 5.81. The second-order valence-corrected chi connectivity index (χ2v) is 4.46. The molecule has 0 saturated heterocycles. The molecule has 3 heteroatoms. The summed E-state index contributed by atoms with van der Waals surface area (Å²) in [5.41, 5.74) is 8.91. The molecule has 0 atom stereocenters. The number of nitrogen functional groups attached to an aromatic ring is 1. The summed E-state index contributed by atoms with van der Waals surface area (Å²) in [4.78, 5) is 13.8. The standard InChI is InChI=1S/C12H14N2O/c13-10-2-1-8-6-12(15)14(11-3-4-11)7-9(8)5-10/h1-2,5,11H,3-4,6-7,13H2. The number of hydrogen-bond donors (Lipinski definition) is 1. The van der Waals surface area contributed by atoms with Crippen LogP contribution in [0.5, 0.6) is 0 Å². The molecule has 15 heavy (non-hydrogen) atoms. The number of nitrogens with two attached hydrogens (primary N) is 1. The number of hydrogen-bond acceptors (Lipinski definition) is 2. The van der Waals surface area contributed by atoms with Gasteiger partial charge >= 0.3 is 0 Å². The molecule has 78 valence electrons. The Morgan fingerprint density at radius 1 is 1.27 bits per heavy atom. The van der Waals surface area contributed by atoms with Crippen LogP contribution in [-0.2, 0) is 17.8 Å². The minimum atomic E-state index is 0.273. The number of anilines is 1. The largest absolute Gasteiger partial charge is 0.399 e. The van der Waals surface area contributed by atoms with Gasteiger partial charge in [-0.15, -0.1) is 0 Å². The smallest absolute Gasteiger partial charge is 0.227 e. The minimum absolute atomic E-state index is 0.273. The second kappa shape index (κ2) is 2.99. The van der Waals surface area contributed by atoms with Crippen molar-refractivity contribution in [1.29, 1.82) is 0 Å². The van der Waals surface area contributed by atoms with Crippen molar-refractivity contribution >= 4 is 11.6 Å². The molecule has 2 N–H and O–H groups in total. The average molecular weight is 202 g/mol. The third-order valence-corrected chi connectivity index (χ3v) is 3.22. The van der Waals surface area contributed by atoms with Gasteiger partial charge in [-0.2, -0.15) is 0 Å². The summed E-state index contributed by atoms with van der Waals surface area (Å²) in [6.45, 7) is 0.754. The zero-order chi connectivity index (χ0) is 10.4. The van der Waals surface area contributed by atoms with Crippen LogP contribution in [0.1, 0.15) is 24.0 Å². The molecular weight excluding hydrogens is 188 g/mol. The first-order valence-corrected chi connectivity index (χ1v) is 5.41. The first kappa shape index (κ1) is 8.77. The Labute approximate surface area is 88.9 Å². The summed E-state index contributed by atoms with van der Waals surface area (Å²) in [6.07, 6.45) is 2.89. The Kier molecular flexibility index (Phi) is 1.75. The van der Waals surface area contributed by atoms with E-state index < -0.39 is 0 Å². The lowest BCUT2D eigenvalue weighted by atomic mass is 9.98. The number of fused-ring (bicyclic) bond motifs is 1. The molecule has 1 saturated carbocycles. The highest BCUT2D eigenvalue weighted by Gasteiger charge is 2.35. The number of benzene rings is 1. The molecule has 1 aromatic rings. The van der Waals surface area contributed by atoms with Crippen LogP contribution in [-0.4, -0.2) is 16.8 Å². The summed E-state index contributed by atoms with van der Waals surface area (Å²) in [6, 6.07) is 6.36. The molecule has 3 rings (SSSR count). The summed E-state index contributed by atoms with van der Waals surface area (Å²) in [7, 11) is 0. The molecule has 0 aromatic heterocycles. The van der Waals surface area contributed by atoms with Crippen LogP contribution < -0.4 is 5.73 Å². The van der Waals surface area contributed by atoms with Gasteiger partial charge in [0.05, 0.1) is 6.42 Å². The average Bonchev–Trinajstić information content (AvgIpc) is 3.01. The Morgan fingerprint density at radius 2 is 2.07 bits per heavy atom. The lowest BCUT2D eigenvalue weighted by molar-refractivity contribution is -0.132. The number of amides is 1. The van der Waals surface area contributed by atoms with Crippen LogP contribution in [0.25, 0.3) is 0 Å². The minimum Gasteiger partial charge on any atom is -0.399 e. The van der Waals surface area contributed by atoms with Crippen LogP contribution in [0, 0.1) is 0 Å². The van der Waals surface area contributed by atoms with Gasteiger partial charge in [-0.05, 0) is 36.1 Å². The van der Waals surface area contributed by atoms with Crippen molar-refractivity contribution < 1.29 is 4.79 Å². The number of carbonyl (C=O) groups is 1. The molecule has 1 amide bonds. The quantitative estimate of drug-likeness (QED) is 0.698. The van der Waals surface area contributed by atoms with Gasteiger partial charge in [0.25, 0.3) is 0 Å². The fourth-order valence-electron chi connectivity index (χ4n) is 2.22. The van der Waals surface area contributed by atoms with E-state index in [1.54, 1.807) is 0 Å². The molecule has 0 radical (unpaired) electrons. The van der Waals surface area contributed by atoms with Gasteiger partial charge in [-0.25, -0.2) is 0 Å². The van der Waals surface area contributed by atoms with Crippen LogP contribution in [0.15, 0.2) is 18.2 Å². The van der Waals surface area contributed by atoms with Gasteiger partial charge < -0.3 is 10.6 Å². The Balaban J connectivity index is 1.95. The summed E-state index contributed by atoms with van der Waals surface area (Å²) in [5.74, 6) is 0.273. The molecule has 1 heterocycles. The monoisotopic (exact) mass is 202 g/mol. The maximum absolute atomic E-state index is 11.8. The van der Waals surface area contributed by atoms with Crippen molar-refractivity contribution in [2.45, 2.75) is 31.8 Å². The molecule has 0 spiro atoms. The fraction of sp³-hybridized carbons (Fsp3) is 0.417. The topological polar surface area (TPSA) is 46.3 Å². The predicted molar refractivity (Wildman–Crippen MR) is 58.1 cm³/mol. The Hall–Kier alpha value is -1.51. The van der Waals surface area contributed by atoms with Gasteiger partial charge in [0.1, 0.15) is 0 Å². The van der Waals surface area contributed by atoms with Crippen LogP contribution in [0.2, 0.25) is 0 Å². The molecule has 1 aromatic carbocycles. The van der Waals surface area contributed by atoms with Gasteiger partial charge in [-0.3, -0.25) is 4.79 Å². The molecule has 0 bridgehead atoms. The maximum atomic E-state index is 11.8. The summed E-state index contributed by atoms with van der Waals surface area (Å²) in [5, 5.41) is 0. The molecule has 2 aliphatic rings. The van der Waals surface area contributed by atoms with E-state index in [0.29, 0.717) is 12.5 Å². The maximum Gasteiger partial charge on any atom is 0.227 e. The van der Waals surface area contributed by atoms with Gasteiger partial charge in [0.15, 0.2) is 0 Å². The van der Waals surface area contributed by atoms with Crippen molar-refractivity contribution in [3.8, 4) is 0 Å². The number of rotatable bonds is 1. The molecule has 1 aliphatic carbocycles. The first-order valence-electron chi connectivity index (χ1n) is 5.41. The van der Waals surface area contributed by atoms with Crippen molar-refractivity contribution in [3.05, 3.63) is 29.3 Å². The van der Waals surface area contributed by atoms with Gasteiger partial charge in [0, 0.05) is 18.3 Å². The fourth-order valence-corrected chi connectivity index (χ4v) is 2.22. The number of carbonyl (C=O) groups excluding carboxylic acids is 1. The van der Waals surface area contributed by atoms with E-state index in [1.165, 1.54) is 18.4 Å². The molecule has 1 aliphatic heterocycles. The van der Waals surface area contributed by atoms with E-state index in [-0.39, 0.29) is 5.91 Å². The van der Waals surface area contributed by atoms with E-state index >= 15 is 0 Å². The van der Waals surface area contributed by atoms with E-state index in [4.69, 9.17) is 5.73 Å². The lowest BCUT2D eigenvalue weighted by Gasteiger charge is -2.28. The molecular formula is C12H14N2O. The first-order chi connectivity index (χ1) is 7.24. The van der Waals surface area contributed by atoms with Crippen molar-refractivity contribution in [1.82, 2.24) is 4.90 Å². The van der Waals surface area contributed by atoms with Crippen molar-refractivity contribution in [3.63, 3.8) is 0 Å². The zero-order valence-electron chi connectivity index (χ0n) is 8.57. The van der Waals surface area contributed by atoms with E-state index in [1.807, 2.05) is 23.1 Å². The van der Waals surface area contributed by atoms with Gasteiger partial charge in [0.2, 0.25) is 5.91 Å². The van der Waals surface area contributed by atoms with E-state index in [9.17, 15) is 4.79 Å². The molecule has 0 unspecified atom stereocenters. The van der Waals surface area contributed by atoms with Crippen molar-refractivity contribution in [2.24, 2.45) is 0 Å². The lowest BCUT2D eigenvalue weighted by Crippen LogP contribution is -2.37. The van der Waals surface area contributed by atoms with Crippen LogP contribution in [0.4, 0.5) is 5.69 Å². The normalized spacial score (nSPS) is 20.3. The third-order valence-electron chi connectivity index (χ3n) is 3.22.